The van der Waals surface area contributed by atoms with Gasteiger partial charge in [-0.05, 0) is 32.8 Å². The highest BCUT2D eigenvalue weighted by atomic mass is 16.6. The van der Waals surface area contributed by atoms with Gasteiger partial charge in [0.15, 0.2) is 0 Å². The second kappa shape index (κ2) is 5.34. The second-order valence-electron chi connectivity index (χ2n) is 4.87. The van der Waals surface area contributed by atoms with Crippen molar-refractivity contribution < 1.29 is 9.53 Å². The summed E-state index contributed by atoms with van der Waals surface area (Å²) in [5.41, 5.74) is -2.07. The average molecular weight is 248 g/mol. The number of nitriles is 1. The van der Waals surface area contributed by atoms with Gasteiger partial charge >= 0.3 is 5.97 Å². The van der Waals surface area contributed by atoms with Gasteiger partial charge in [0.2, 0.25) is 5.72 Å². The molecule has 0 amide bonds. The largest absolute Gasteiger partial charge is 0.435 e. The number of aliphatic imine (C=N–C) groups is 1. The van der Waals surface area contributed by atoms with Crippen molar-refractivity contribution in [3.8, 4) is 6.07 Å². The molecule has 0 spiro atoms. The Morgan fingerprint density at radius 2 is 2.06 bits per heavy atom. The Balaban J connectivity index is 2.94. The number of esters is 1. The van der Waals surface area contributed by atoms with E-state index < -0.39 is 11.1 Å². The lowest BCUT2D eigenvalue weighted by atomic mass is 9.80. The number of hydrogen-bond donors (Lipinski definition) is 0. The minimum atomic E-state index is -1.14. The normalized spacial score (nSPS) is 30.2. The molecule has 1 rings (SSSR count). The molecule has 2 atom stereocenters. The van der Waals surface area contributed by atoms with E-state index in [1.165, 1.54) is 0 Å². The first-order chi connectivity index (χ1) is 8.42. The Morgan fingerprint density at radius 1 is 1.44 bits per heavy atom. The van der Waals surface area contributed by atoms with Crippen LogP contribution in [-0.4, -0.2) is 17.9 Å². The average Bonchev–Trinajstić information content (AvgIpc) is 2.34. The lowest BCUT2D eigenvalue weighted by Gasteiger charge is -2.38. The molecule has 1 heterocycles. The number of carbonyl (C=O) groups is 1. The smallest absolute Gasteiger partial charge is 0.311 e. The first-order valence-corrected chi connectivity index (χ1v) is 6.29. The Morgan fingerprint density at radius 3 is 2.56 bits per heavy atom. The quantitative estimate of drug-likeness (QED) is 0.719. The van der Waals surface area contributed by atoms with Gasteiger partial charge in [0.25, 0.3) is 0 Å². The minimum Gasteiger partial charge on any atom is -0.435 e. The van der Waals surface area contributed by atoms with Crippen LogP contribution in [0.2, 0.25) is 0 Å². The predicted octanol–water partition coefficient (Wildman–Crippen LogP) is 2.85. The van der Waals surface area contributed by atoms with Crippen molar-refractivity contribution in [2.75, 3.05) is 0 Å². The molecule has 18 heavy (non-hydrogen) atoms. The Kier molecular flexibility index (Phi) is 4.28. The predicted molar refractivity (Wildman–Crippen MR) is 69.9 cm³/mol. The van der Waals surface area contributed by atoms with Gasteiger partial charge in [-0.1, -0.05) is 19.9 Å². The fourth-order valence-electron chi connectivity index (χ4n) is 1.88. The number of rotatable bonds is 4. The molecule has 0 bridgehead atoms. The molecule has 1 aliphatic rings. The van der Waals surface area contributed by atoms with Gasteiger partial charge in [0.1, 0.15) is 5.41 Å². The van der Waals surface area contributed by atoms with Gasteiger partial charge < -0.3 is 4.74 Å². The summed E-state index contributed by atoms with van der Waals surface area (Å²) in [6.45, 7) is 7.30. The summed E-state index contributed by atoms with van der Waals surface area (Å²) >= 11 is 0. The van der Waals surface area contributed by atoms with Gasteiger partial charge in [-0.3, -0.25) is 4.79 Å². The van der Waals surface area contributed by atoms with E-state index in [4.69, 9.17) is 4.74 Å². The highest BCUT2D eigenvalue weighted by Crippen LogP contribution is 2.39. The molecule has 98 valence electrons. The molecule has 1 aliphatic heterocycles. The maximum atomic E-state index is 12.1. The standard InChI is InChI=1S/C14H20N2O2/c1-5-11(6-2)12(17)18-14(4)13(3,10-15)8-7-9-16-14/h7-9,11H,5-6H2,1-4H3. The summed E-state index contributed by atoms with van der Waals surface area (Å²) in [6, 6.07) is 2.17. The molecule has 2 unspecified atom stereocenters. The van der Waals surface area contributed by atoms with E-state index in [0.29, 0.717) is 0 Å². The van der Waals surface area contributed by atoms with Crippen molar-refractivity contribution in [2.24, 2.45) is 16.3 Å². The molecule has 0 N–H and O–H groups in total. The van der Waals surface area contributed by atoms with Crippen molar-refractivity contribution in [1.82, 2.24) is 0 Å². The Bertz CT molecular complexity index is 418. The third kappa shape index (κ3) is 2.45. The number of nitrogens with zero attached hydrogens (tertiary/aromatic N) is 2. The molecular weight excluding hydrogens is 228 g/mol. The number of dihydropyridines is 1. The van der Waals surface area contributed by atoms with Gasteiger partial charge in [0, 0.05) is 6.21 Å². The Hall–Kier alpha value is -1.63. The third-order valence-electron chi connectivity index (χ3n) is 3.65. The number of allylic oxidation sites excluding steroid dienone is 1. The van der Waals surface area contributed by atoms with E-state index in [1.54, 1.807) is 32.2 Å². The van der Waals surface area contributed by atoms with Crippen LogP contribution in [0.25, 0.3) is 0 Å². The third-order valence-corrected chi connectivity index (χ3v) is 3.65. The minimum absolute atomic E-state index is 0.133. The topological polar surface area (TPSA) is 62.4 Å². The van der Waals surface area contributed by atoms with Gasteiger partial charge in [-0.2, -0.15) is 5.26 Å². The summed E-state index contributed by atoms with van der Waals surface area (Å²) in [6.07, 6.45) is 6.46. The van der Waals surface area contributed by atoms with Crippen molar-refractivity contribution in [1.29, 1.82) is 5.26 Å². The second-order valence-corrected chi connectivity index (χ2v) is 4.87. The molecule has 0 aromatic rings. The molecule has 0 radical (unpaired) electrons. The lowest BCUT2D eigenvalue weighted by Crippen LogP contribution is -2.46. The fourth-order valence-corrected chi connectivity index (χ4v) is 1.88. The zero-order valence-corrected chi connectivity index (χ0v) is 11.4. The molecular formula is C14H20N2O2. The summed E-state index contributed by atoms with van der Waals surface area (Å²) < 4.78 is 5.52. The summed E-state index contributed by atoms with van der Waals surface area (Å²) in [7, 11) is 0. The van der Waals surface area contributed by atoms with E-state index in [1.807, 2.05) is 13.8 Å². The van der Waals surface area contributed by atoms with Crippen LogP contribution in [0.1, 0.15) is 40.5 Å². The summed E-state index contributed by atoms with van der Waals surface area (Å²) in [5.74, 6) is -0.415. The molecule has 0 aliphatic carbocycles. The molecule has 0 saturated heterocycles. The summed E-state index contributed by atoms with van der Waals surface area (Å²) in [4.78, 5) is 16.3. The zero-order valence-electron chi connectivity index (χ0n) is 11.4. The van der Waals surface area contributed by atoms with Crippen LogP contribution in [0.5, 0.6) is 0 Å². The van der Waals surface area contributed by atoms with Crippen LogP contribution >= 0.6 is 0 Å². The van der Waals surface area contributed by atoms with E-state index in [2.05, 4.69) is 11.1 Å². The molecule has 0 fully saturated rings. The SMILES string of the molecule is CCC(CC)C(=O)OC1(C)N=CC=CC1(C)C#N. The number of carbonyl (C=O) groups excluding carboxylic acids is 1. The molecule has 4 heteroatoms. The van der Waals surface area contributed by atoms with Crippen LogP contribution < -0.4 is 0 Å². The highest BCUT2D eigenvalue weighted by molar-refractivity contribution is 5.76. The monoisotopic (exact) mass is 248 g/mol. The Labute approximate surface area is 108 Å². The highest BCUT2D eigenvalue weighted by Gasteiger charge is 2.48. The van der Waals surface area contributed by atoms with E-state index in [-0.39, 0.29) is 11.9 Å². The van der Waals surface area contributed by atoms with Gasteiger partial charge in [-0.15, -0.1) is 0 Å². The van der Waals surface area contributed by atoms with Crippen LogP contribution in [0.3, 0.4) is 0 Å². The van der Waals surface area contributed by atoms with Crippen molar-refractivity contribution in [3.05, 3.63) is 12.2 Å². The zero-order chi connectivity index (χ0) is 13.8. The first kappa shape index (κ1) is 14.4. The van der Waals surface area contributed by atoms with E-state index in [0.717, 1.165) is 12.8 Å². The van der Waals surface area contributed by atoms with E-state index in [9.17, 15) is 10.1 Å². The van der Waals surface area contributed by atoms with Crippen molar-refractivity contribution in [3.63, 3.8) is 0 Å². The molecule has 0 aromatic heterocycles. The summed E-state index contributed by atoms with van der Waals surface area (Å²) in [5, 5.41) is 9.29. The van der Waals surface area contributed by atoms with Crippen LogP contribution in [0.4, 0.5) is 0 Å². The fraction of sp³-hybridized carbons (Fsp3) is 0.643. The van der Waals surface area contributed by atoms with E-state index >= 15 is 0 Å². The maximum Gasteiger partial charge on any atom is 0.311 e. The van der Waals surface area contributed by atoms with Crippen LogP contribution in [-0.2, 0) is 9.53 Å². The number of hydrogen-bond acceptors (Lipinski definition) is 4. The molecule has 4 nitrogen and oxygen atoms in total. The molecule has 0 aromatic carbocycles. The maximum absolute atomic E-state index is 12.1. The molecule has 0 saturated carbocycles. The lowest BCUT2D eigenvalue weighted by molar-refractivity contribution is -0.169. The van der Waals surface area contributed by atoms with Gasteiger partial charge in [0.05, 0.1) is 12.0 Å². The van der Waals surface area contributed by atoms with Crippen LogP contribution in [0, 0.1) is 22.7 Å². The number of ether oxygens (including phenoxy) is 1. The van der Waals surface area contributed by atoms with Crippen molar-refractivity contribution >= 4 is 12.2 Å². The van der Waals surface area contributed by atoms with Crippen molar-refractivity contribution in [2.45, 2.75) is 46.3 Å². The van der Waals surface area contributed by atoms with Crippen LogP contribution in [0.15, 0.2) is 17.1 Å². The van der Waals surface area contributed by atoms with Gasteiger partial charge in [-0.25, -0.2) is 4.99 Å². The first-order valence-electron chi connectivity index (χ1n) is 6.29.